The molecule has 2 aliphatic rings. The third-order valence-electron chi connectivity index (χ3n) is 4.07. The van der Waals surface area contributed by atoms with Crippen LogP contribution < -0.4 is 5.56 Å². The predicted molar refractivity (Wildman–Crippen MR) is 76.0 cm³/mol. The first kappa shape index (κ1) is 14.1. The minimum Gasteiger partial charge on any atom is -0.378 e. The number of aromatic nitrogens is 2. The van der Waals surface area contributed by atoms with Crippen LogP contribution in [0, 0.1) is 0 Å². The summed E-state index contributed by atoms with van der Waals surface area (Å²) in [6.07, 6.45) is 3.49. The Balaban J connectivity index is 1.69. The fourth-order valence-electron chi connectivity index (χ4n) is 2.94. The third kappa shape index (κ3) is 3.07. The average Bonchev–Trinajstić information content (AvgIpc) is 2.98. The van der Waals surface area contributed by atoms with Crippen LogP contribution in [-0.2, 0) is 11.3 Å². The van der Waals surface area contributed by atoms with E-state index in [0.29, 0.717) is 32.8 Å². The number of carbonyl (C=O) groups is 1. The van der Waals surface area contributed by atoms with Crippen molar-refractivity contribution in [2.75, 3.05) is 32.8 Å². The molecule has 1 aromatic heterocycles. The molecule has 7 nitrogen and oxygen atoms in total. The first-order chi connectivity index (χ1) is 10.3. The summed E-state index contributed by atoms with van der Waals surface area (Å²) in [4.78, 5) is 28.0. The van der Waals surface area contributed by atoms with Gasteiger partial charge in [0.05, 0.1) is 25.8 Å². The molecular weight excluding hydrogens is 272 g/mol. The molecule has 3 heterocycles. The molecule has 1 unspecified atom stereocenters. The number of urea groups is 1. The smallest absolute Gasteiger partial charge is 0.320 e. The van der Waals surface area contributed by atoms with Crippen molar-refractivity contribution in [2.24, 2.45) is 0 Å². The summed E-state index contributed by atoms with van der Waals surface area (Å²) in [5.74, 6) is 0. The summed E-state index contributed by atoms with van der Waals surface area (Å²) in [5, 5.41) is 4.08. The van der Waals surface area contributed by atoms with Gasteiger partial charge in [0.25, 0.3) is 5.56 Å². The fourth-order valence-corrected chi connectivity index (χ4v) is 2.94. The van der Waals surface area contributed by atoms with Crippen LogP contribution in [0.5, 0.6) is 0 Å². The van der Waals surface area contributed by atoms with Gasteiger partial charge in [0.15, 0.2) is 0 Å². The summed E-state index contributed by atoms with van der Waals surface area (Å²) in [7, 11) is 0. The summed E-state index contributed by atoms with van der Waals surface area (Å²) in [5.41, 5.74) is -0.122. The maximum Gasteiger partial charge on any atom is 0.320 e. The highest BCUT2D eigenvalue weighted by atomic mass is 16.5. The van der Waals surface area contributed by atoms with Crippen molar-refractivity contribution in [3.63, 3.8) is 0 Å². The van der Waals surface area contributed by atoms with Crippen molar-refractivity contribution in [1.29, 1.82) is 0 Å². The van der Waals surface area contributed by atoms with Gasteiger partial charge in [0.1, 0.15) is 0 Å². The largest absolute Gasteiger partial charge is 0.378 e. The SMILES string of the molecule is O=C(N1CCOCC1)N1CCCC1Cn1ncccc1=O. The van der Waals surface area contributed by atoms with Gasteiger partial charge in [-0.15, -0.1) is 0 Å². The number of hydrogen-bond donors (Lipinski definition) is 0. The van der Waals surface area contributed by atoms with Crippen LogP contribution in [-0.4, -0.2) is 64.5 Å². The maximum atomic E-state index is 12.6. The van der Waals surface area contributed by atoms with Gasteiger partial charge >= 0.3 is 6.03 Å². The molecule has 3 rings (SSSR count). The molecule has 0 bridgehead atoms. The highest BCUT2D eigenvalue weighted by Gasteiger charge is 2.32. The van der Waals surface area contributed by atoms with Gasteiger partial charge < -0.3 is 14.5 Å². The number of morpholine rings is 1. The molecule has 2 fully saturated rings. The number of hydrogen-bond acceptors (Lipinski definition) is 4. The minimum absolute atomic E-state index is 0.0490. The molecular formula is C14H20N4O3. The van der Waals surface area contributed by atoms with E-state index in [4.69, 9.17) is 4.74 Å². The highest BCUT2D eigenvalue weighted by Crippen LogP contribution is 2.20. The Morgan fingerprint density at radius 2 is 2.14 bits per heavy atom. The highest BCUT2D eigenvalue weighted by molar-refractivity contribution is 5.75. The van der Waals surface area contributed by atoms with Crippen LogP contribution in [0.1, 0.15) is 12.8 Å². The van der Waals surface area contributed by atoms with E-state index >= 15 is 0 Å². The van der Waals surface area contributed by atoms with E-state index in [1.807, 2.05) is 9.80 Å². The number of rotatable bonds is 2. The molecule has 7 heteroatoms. The lowest BCUT2D eigenvalue weighted by Gasteiger charge is -2.33. The van der Waals surface area contributed by atoms with Crippen molar-refractivity contribution in [3.05, 3.63) is 28.7 Å². The third-order valence-corrected chi connectivity index (χ3v) is 4.07. The molecule has 0 aromatic carbocycles. The predicted octanol–water partition coefficient (Wildman–Crippen LogP) is 0.160. The van der Waals surface area contributed by atoms with Crippen LogP contribution in [0.3, 0.4) is 0 Å². The molecule has 1 aromatic rings. The van der Waals surface area contributed by atoms with Gasteiger partial charge in [0.2, 0.25) is 0 Å². The van der Waals surface area contributed by atoms with E-state index in [9.17, 15) is 9.59 Å². The fraction of sp³-hybridized carbons (Fsp3) is 0.643. The van der Waals surface area contributed by atoms with Crippen molar-refractivity contribution >= 4 is 6.03 Å². The Kier molecular flexibility index (Phi) is 4.19. The average molecular weight is 292 g/mol. The van der Waals surface area contributed by atoms with Crippen LogP contribution in [0.4, 0.5) is 4.79 Å². The molecule has 1 atom stereocenters. The second-order valence-corrected chi connectivity index (χ2v) is 5.42. The second kappa shape index (κ2) is 6.26. The number of ether oxygens (including phenoxy) is 1. The molecule has 0 saturated carbocycles. The lowest BCUT2D eigenvalue weighted by atomic mass is 10.2. The lowest BCUT2D eigenvalue weighted by Crippen LogP contribution is -2.50. The zero-order valence-corrected chi connectivity index (χ0v) is 12.0. The minimum atomic E-state index is -0.122. The normalized spacial score (nSPS) is 22.6. The van der Waals surface area contributed by atoms with E-state index in [-0.39, 0.29) is 17.6 Å². The van der Waals surface area contributed by atoms with E-state index in [1.54, 1.807) is 12.3 Å². The molecule has 0 aliphatic carbocycles. The van der Waals surface area contributed by atoms with E-state index < -0.39 is 0 Å². The van der Waals surface area contributed by atoms with E-state index in [0.717, 1.165) is 19.4 Å². The van der Waals surface area contributed by atoms with Gasteiger partial charge in [-0.05, 0) is 18.9 Å². The summed E-state index contributed by atoms with van der Waals surface area (Å²) in [6.45, 7) is 3.71. The van der Waals surface area contributed by atoms with Crippen LogP contribution in [0.15, 0.2) is 23.1 Å². The van der Waals surface area contributed by atoms with Crippen molar-refractivity contribution in [2.45, 2.75) is 25.4 Å². The first-order valence-electron chi connectivity index (χ1n) is 7.41. The van der Waals surface area contributed by atoms with Gasteiger partial charge in [-0.25, -0.2) is 9.48 Å². The summed E-state index contributed by atoms with van der Waals surface area (Å²) < 4.78 is 6.72. The molecule has 114 valence electrons. The van der Waals surface area contributed by atoms with Gasteiger partial charge in [0, 0.05) is 31.9 Å². The van der Waals surface area contributed by atoms with E-state index in [1.165, 1.54) is 10.7 Å². The van der Waals surface area contributed by atoms with Crippen molar-refractivity contribution in [3.8, 4) is 0 Å². The second-order valence-electron chi connectivity index (χ2n) is 5.42. The number of likely N-dealkylation sites (tertiary alicyclic amines) is 1. The Morgan fingerprint density at radius 1 is 1.33 bits per heavy atom. The standard InChI is InChI=1S/C14H20N4O3/c19-13-4-1-5-15-18(13)11-12-3-2-6-17(12)14(20)16-7-9-21-10-8-16/h1,4-5,12H,2-3,6-11H2. The molecule has 0 radical (unpaired) electrons. The topological polar surface area (TPSA) is 67.7 Å². The van der Waals surface area contributed by atoms with Crippen molar-refractivity contribution < 1.29 is 9.53 Å². The van der Waals surface area contributed by atoms with Crippen LogP contribution in [0.25, 0.3) is 0 Å². The Hall–Kier alpha value is -1.89. The van der Waals surface area contributed by atoms with Gasteiger partial charge in [-0.3, -0.25) is 4.79 Å². The molecule has 2 amide bonds. The maximum absolute atomic E-state index is 12.6. The molecule has 0 N–H and O–H groups in total. The van der Waals surface area contributed by atoms with E-state index in [2.05, 4.69) is 5.10 Å². The quantitative estimate of drug-likeness (QED) is 0.779. The zero-order valence-electron chi connectivity index (χ0n) is 12.0. The monoisotopic (exact) mass is 292 g/mol. The van der Waals surface area contributed by atoms with Crippen LogP contribution >= 0.6 is 0 Å². The number of nitrogens with zero attached hydrogens (tertiary/aromatic N) is 4. The lowest BCUT2D eigenvalue weighted by molar-refractivity contribution is 0.0414. The van der Waals surface area contributed by atoms with Gasteiger partial charge in [-0.1, -0.05) is 0 Å². The molecule has 21 heavy (non-hydrogen) atoms. The van der Waals surface area contributed by atoms with Crippen LogP contribution in [0.2, 0.25) is 0 Å². The Labute approximate surface area is 123 Å². The van der Waals surface area contributed by atoms with Crippen molar-refractivity contribution in [1.82, 2.24) is 19.6 Å². The summed E-state index contributed by atoms with van der Waals surface area (Å²) in [6, 6.07) is 3.23. The Bertz CT molecular complexity index is 553. The van der Waals surface area contributed by atoms with Gasteiger partial charge in [-0.2, -0.15) is 5.10 Å². The first-order valence-corrected chi connectivity index (χ1v) is 7.41. The molecule has 0 spiro atoms. The molecule has 2 saturated heterocycles. The molecule has 2 aliphatic heterocycles. The summed E-state index contributed by atoms with van der Waals surface area (Å²) >= 11 is 0. The number of carbonyl (C=O) groups excluding carboxylic acids is 1. The number of amides is 2. The Morgan fingerprint density at radius 3 is 2.90 bits per heavy atom. The zero-order chi connectivity index (χ0) is 14.7.